The van der Waals surface area contributed by atoms with Crippen LogP contribution < -0.4 is 0 Å². The molecule has 18 heavy (non-hydrogen) atoms. The number of hydrogen-bond acceptors (Lipinski definition) is 3. The Morgan fingerprint density at radius 2 is 1.83 bits per heavy atom. The van der Waals surface area contributed by atoms with Gasteiger partial charge >= 0.3 is 5.97 Å². The molecular formula is C13H22N2O3. The summed E-state index contributed by atoms with van der Waals surface area (Å²) < 4.78 is 0. The molecule has 102 valence electrons. The van der Waals surface area contributed by atoms with Crippen molar-refractivity contribution in [3.8, 4) is 0 Å². The fraction of sp³-hybridized carbons (Fsp3) is 0.846. The number of carboxylic acid groups (broad SMARTS) is 1. The van der Waals surface area contributed by atoms with Crippen LogP contribution >= 0.6 is 0 Å². The molecule has 5 nitrogen and oxygen atoms in total. The Labute approximate surface area is 108 Å². The van der Waals surface area contributed by atoms with Crippen molar-refractivity contribution in [2.24, 2.45) is 0 Å². The van der Waals surface area contributed by atoms with Gasteiger partial charge in [0.05, 0.1) is 6.42 Å². The van der Waals surface area contributed by atoms with Crippen molar-refractivity contribution in [2.75, 3.05) is 26.2 Å². The van der Waals surface area contributed by atoms with Gasteiger partial charge in [-0.05, 0) is 38.8 Å². The standard InChI is InChI=1S/C13H22N2O3/c16-12(5-9-14-7-1-2-8-14)15(11-3-4-11)10-6-13(17)18/h11H,1-10H2,(H,17,18). The first-order chi connectivity index (χ1) is 8.66. The van der Waals surface area contributed by atoms with E-state index in [9.17, 15) is 9.59 Å². The Hall–Kier alpha value is -1.10. The minimum atomic E-state index is -0.826. The van der Waals surface area contributed by atoms with Crippen molar-refractivity contribution in [1.82, 2.24) is 9.80 Å². The van der Waals surface area contributed by atoms with Crippen molar-refractivity contribution >= 4 is 11.9 Å². The predicted molar refractivity (Wildman–Crippen MR) is 67.3 cm³/mol. The number of rotatable bonds is 7. The molecule has 1 aliphatic carbocycles. The molecule has 5 heteroatoms. The van der Waals surface area contributed by atoms with Crippen LogP contribution in [0.1, 0.15) is 38.5 Å². The second kappa shape index (κ2) is 6.18. The third-order valence-corrected chi connectivity index (χ3v) is 3.72. The van der Waals surface area contributed by atoms with Gasteiger partial charge in [0.25, 0.3) is 0 Å². The second-order valence-corrected chi connectivity index (χ2v) is 5.26. The van der Waals surface area contributed by atoms with Crippen molar-refractivity contribution in [3.05, 3.63) is 0 Å². The Bertz CT molecular complexity index is 309. The van der Waals surface area contributed by atoms with E-state index in [0.29, 0.717) is 19.0 Å². The maximum atomic E-state index is 12.1. The number of nitrogens with zero attached hydrogens (tertiary/aromatic N) is 2. The second-order valence-electron chi connectivity index (χ2n) is 5.26. The van der Waals surface area contributed by atoms with Gasteiger partial charge in [-0.15, -0.1) is 0 Å². The molecule has 0 aromatic rings. The minimum Gasteiger partial charge on any atom is -0.481 e. The molecule has 1 heterocycles. The highest BCUT2D eigenvalue weighted by Crippen LogP contribution is 2.27. The SMILES string of the molecule is O=C(O)CCN(C(=O)CCN1CCCC1)C1CC1. The summed E-state index contributed by atoms with van der Waals surface area (Å²) in [5.41, 5.74) is 0. The summed E-state index contributed by atoms with van der Waals surface area (Å²) in [5, 5.41) is 8.70. The van der Waals surface area contributed by atoms with Gasteiger partial charge in [-0.25, -0.2) is 0 Å². The highest BCUT2D eigenvalue weighted by Gasteiger charge is 2.32. The Morgan fingerprint density at radius 3 is 2.39 bits per heavy atom. The largest absolute Gasteiger partial charge is 0.481 e. The van der Waals surface area contributed by atoms with E-state index in [1.54, 1.807) is 4.90 Å². The Morgan fingerprint density at radius 1 is 1.17 bits per heavy atom. The van der Waals surface area contributed by atoms with E-state index in [-0.39, 0.29) is 12.3 Å². The molecule has 1 amide bonds. The lowest BCUT2D eigenvalue weighted by molar-refractivity contribution is -0.138. The van der Waals surface area contributed by atoms with Crippen LogP contribution in [0.3, 0.4) is 0 Å². The lowest BCUT2D eigenvalue weighted by Gasteiger charge is -2.23. The molecule has 0 bridgehead atoms. The van der Waals surface area contributed by atoms with E-state index < -0.39 is 5.97 Å². The zero-order valence-electron chi connectivity index (χ0n) is 10.8. The highest BCUT2D eigenvalue weighted by atomic mass is 16.4. The summed E-state index contributed by atoms with van der Waals surface area (Å²) >= 11 is 0. The van der Waals surface area contributed by atoms with Crippen LogP contribution in [-0.4, -0.2) is 59.0 Å². The van der Waals surface area contributed by atoms with Gasteiger partial charge < -0.3 is 14.9 Å². The summed E-state index contributed by atoms with van der Waals surface area (Å²) in [6, 6.07) is 0.315. The van der Waals surface area contributed by atoms with Crippen LogP contribution in [0, 0.1) is 0 Å². The normalized spacial score (nSPS) is 20.0. The summed E-state index contributed by atoms with van der Waals surface area (Å²) in [4.78, 5) is 26.8. The van der Waals surface area contributed by atoms with Crippen LogP contribution in [0.4, 0.5) is 0 Å². The van der Waals surface area contributed by atoms with Crippen molar-refractivity contribution < 1.29 is 14.7 Å². The number of carboxylic acids is 1. The first-order valence-electron chi connectivity index (χ1n) is 6.90. The van der Waals surface area contributed by atoms with Gasteiger partial charge in [0.1, 0.15) is 0 Å². The molecule has 1 saturated heterocycles. The molecule has 2 aliphatic rings. The molecular weight excluding hydrogens is 232 g/mol. The monoisotopic (exact) mass is 254 g/mol. The molecule has 2 rings (SSSR count). The van der Waals surface area contributed by atoms with Crippen LogP contribution in [0.15, 0.2) is 0 Å². The summed E-state index contributed by atoms with van der Waals surface area (Å²) in [5.74, 6) is -0.696. The average Bonchev–Trinajstić information content (AvgIpc) is 3.03. The van der Waals surface area contributed by atoms with Crippen LogP contribution in [-0.2, 0) is 9.59 Å². The maximum Gasteiger partial charge on any atom is 0.305 e. The van der Waals surface area contributed by atoms with E-state index in [1.165, 1.54) is 12.8 Å². The fourth-order valence-corrected chi connectivity index (χ4v) is 2.52. The molecule has 1 aliphatic heterocycles. The Kier molecular flexibility index (Phi) is 4.58. The quantitative estimate of drug-likeness (QED) is 0.734. The van der Waals surface area contributed by atoms with Gasteiger partial charge in [-0.3, -0.25) is 9.59 Å². The number of aliphatic carboxylic acids is 1. The lowest BCUT2D eigenvalue weighted by Crippen LogP contribution is -2.37. The third-order valence-electron chi connectivity index (χ3n) is 3.72. The number of likely N-dealkylation sites (tertiary alicyclic amines) is 1. The van der Waals surface area contributed by atoms with Crippen LogP contribution in [0.25, 0.3) is 0 Å². The molecule has 1 N–H and O–H groups in total. The van der Waals surface area contributed by atoms with E-state index in [2.05, 4.69) is 4.90 Å². The maximum absolute atomic E-state index is 12.1. The van der Waals surface area contributed by atoms with Crippen LogP contribution in [0.2, 0.25) is 0 Å². The van der Waals surface area contributed by atoms with Gasteiger partial charge in [0.15, 0.2) is 0 Å². The number of hydrogen-bond donors (Lipinski definition) is 1. The fourth-order valence-electron chi connectivity index (χ4n) is 2.52. The van der Waals surface area contributed by atoms with E-state index in [1.807, 2.05) is 0 Å². The average molecular weight is 254 g/mol. The number of carbonyl (C=O) groups excluding carboxylic acids is 1. The van der Waals surface area contributed by atoms with E-state index in [0.717, 1.165) is 32.5 Å². The topological polar surface area (TPSA) is 60.9 Å². The van der Waals surface area contributed by atoms with E-state index >= 15 is 0 Å². The van der Waals surface area contributed by atoms with Crippen LogP contribution in [0.5, 0.6) is 0 Å². The van der Waals surface area contributed by atoms with Crippen molar-refractivity contribution in [1.29, 1.82) is 0 Å². The minimum absolute atomic E-state index is 0.0615. The molecule has 0 aromatic carbocycles. The first kappa shape index (κ1) is 13.3. The first-order valence-corrected chi connectivity index (χ1v) is 6.90. The smallest absolute Gasteiger partial charge is 0.305 e. The Balaban J connectivity index is 1.74. The molecule has 0 aromatic heterocycles. The molecule has 0 atom stereocenters. The zero-order chi connectivity index (χ0) is 13.0. The molecule has 0 spiro atoms. The lowest BCUT2D eigenvalue weighted by atomic mass is 10.3. The summed E-state index contributed by atoms with van der Waals surface area (Å²) in [6.07, 6.45) is 5.14. The van der Waals surface area contributed by atoms with Gasteiger partial charge in [0, 0.05) is 25.6 Å². The third kappa shape index (κ3) is 3.98. The molecule has 1 saturated carbocycles. The number of amides is 1. The van der Waals surface area contributed by atoms with Gasteiger partial charge in [-0.2, -0.15) is 0 Å². The van der Waals surface area contributed by atoms with Gasteiger partial charge in [0.2, 0.25) is 5.91 Å². The van der Waals surface area contributed by atoms with Gasteiger partial charge in [-0.1, -0.05) is 0 Å². The summed E-state index contributed by atoms with van der Waals surface area (Å²) in [6.45, 7) is 3.41. The van der Waals surface area contributed by atoms with Crippen molar-refractivity contribution in [2.45, 2.75) is 44.6 Å². The molecule has 2 fully saturated rings. The number of carbonyl (C=O) groups is 2. The van der Waals surface area contributed by atoms with E-state index in [4.69, 9.17) is 5.11 Å². The predicted octanol–water partition coefficient (Wildman–Crippen LogP) is 0.938. The highest BCUT2D eigenvalue weighted by molar-refractivity contribution is 5.78. The molecule has 0 unspecified atom stereocenters. The van der Waals surface area contributed by atoms with Crippen molar-refractivity contribution in [3.63, 3.8) is 0 Å². The summed E-state index contributed by atoms with van der Waals surface area (Å²) in [7, 11) is 0. The molecule has 0 radical (unpaired) electrons. The zero-order valence-corrected chi connectivity index (χ0v) is 10.8.